The van der Waals surface area contributed by atoms with Crippen LogP contribution < -0.4 is 14.8 Å². The number of pyridine rings is 1. The van der Waals surface area contributed by atoms with Gasteiger partial charge in [0.05, 0.1) is 11.5 Å². The first-order valence-corrected chi connectivity index (χ1v) is 10.9. The minimum absolute atomic E-state index is 0.0980. The van der Waals surface area contributed by atoms with Crippen molar-refractivity contribution in [1.29, 1.82) is 0 Å². The molecular weight excluding hydrogens is 378 g/mol. The summed E-state index contributed by atoms with van der Waals surface area (Å²) in [4.78, 5) is 16.8. The number of hydrogen-bond acceptors (Lipinski definition) is 5. The molecular formula is C20H25N3O4S. The predicted octanol–water partition coefficient (Wildman–Crippen LogP) is 3.20. The number of amides is 1. The van der Waals surface area contributed by atoms with E-state index in [-0.39, 0.29) is 10.8 Å². The number of nitrogens with zero attached hydrogens (tertiary/aromatic N) is 1. The van der Waals surface area contributed by atoms with Gasteiger partial charge in [0.25, 0.3) is 5.91 Å². The van der Waals surface area contributed by atoms with Gasteiger partial charge in [-0.1, -0.05) is 19.3 Å². The molecule has 0 aliphatic heterocycles. The summed E-state index contributed by atoms with van der Waals surface area (Å²) in [5.74, 6) is 1.06. The van der Waals surface area contributed by atoms with Crippen molar-refractivity contribution in [2.75, 3.05) is 19.0 Å². The molecule has 3 rings (SSSR count). The zero-order chi connectivity index (χ0) is 20.0. The Bertz CT molecular complexity index is 907. The van der Waals surface area contributed by atoms with Gasteiger partial charge in [-0.2, -0.15) is 0 Å². The second-order valence-corrected chi connectivity index (χ2v) is 8.74. The van der Waals surface area contributed by atoms with Gasteiger partial charge >= 0.3 is 0 Å². The van der Waals surface area contributed by atoms with Gasteiger partial charge in [0.1, 0.15) is 0 Å². The third-order valence-electron chi connectivity index (χ3n) is 4.90. The largest absolute Gasteiger partial charge is 0.489 e. The van der Waals surface area contributed by atoms with Crippen molar-refractivity contribution in [3.8, 4) is 5.75 Å². The van der Waals surface area contributed by atoms with Gasteiger partial charge in [0.2, 0.25) is 10.0 Å². The molecule has 1 aliphatic rings. The van der Waals surface area contributed by atoms with Crippen LogP contribution in [0.3, 0.4) is 0 Å². The van der Waals surface area contributed by atoms with Crippen LogP contribution in [0.1, 0.15) is 42.5 Å². The fourth-order valence-electron chi connectivity index (χ4n) is 3.25. The van der Waals surface area contributed by atoms with Crippen LogP contribution in [0.25, 0.3) is 0 Å². The Hall–Kier alpha value is -2.45. The van der Waals surface area contributed by atoms with Crippen LogP contribution in [0.2, 0.25) is 0 Å². The molecule has 150 valence electrons. The Balaban J connectivity index is 1.67. The summed E-state index contributed by atoms with van der Waals surface area (Å²) in [7, 11) is -2.20. The molecule has 1 amide bonds. The molecule has 1 heterocycles. The summed E-state index contributed by atoms with van der Waals surface area (Å²) in [6.45, 7) is 0.616. The summed E-state index contributed by atoms with van der Waals surface area (Å²) >= 11 is 0. The molecule has 1 aromatic heterocycles. The lowest BCUT2D eigenvalue weighted by atomic mass is 9.90. The number of ether oxygens (including phenoxy) is 1. The van der Waals surface area contributed by atoms with E-state index in [1.807, 2.05) is 0 Å². The third kappa shape index (κ3) is 5.08. The normalized spacial score (nSPS) is 15.2. The summed E-state index contributed by atoms with van der Waals surface area (Å²) < 4.78 is 31.7. The fourth-order valence-corrected chi connectivity index (χ4v) is 3.98. The smallest absolute Gasteiger partial charge is 0.256 e. The number of sulfonamides is 1. The van der Waals surface area contributed by atoms with Crippen LogP contribution in [-0.2, 0) is 10.0 Å². The highest BCUT2D eigenvalue weighted by Crippen LogP contribution is 2.27. The molecule has 7 nitrogen and oxygen atoms in total. The van der Waals surface area contributed by atoms with Crippen molar-refractivity contribution < 1.29 is 17.9 Å². The first-order valence-electron chi connectivity index (χ1n) is 9.42. The zero-order valence-corrected chi connectivity index (χ0v) is 16.7. The Morgan fingerprint density at radius 1 is 1.14 bits per heavy atom. The molecule has 0 atom stereocenters. The number of benzene rings is 1. The number of nitrogens with one attached hydrogen (secondary N) is 2. The number of anilines is 1. The molecule has 1 aromatic carbocycles. The van der Waals surface area contributed by atoms with Gasteiger partial charge in [-0.15, -0.1) is 0 Å². The average Bonchev–Trinajstić information content (AvgIpc) is 2.74. The highest BCUT2D eigenvalue weighted by molar-refractivity contribution is 7.89. The number of hydrogen-bond donors (Lipinski definition) is 2. The van der Waals surface area contributed by atoms with E-state index in [0.717, 1.165) is 0 Å². The molecule has 2 aromatic rings. The predicted molar refractivity (Wildman–Crippen MR) is 107 cm³/mol. The van der Waals surface area contributed by atoms with E-state index in [1.54, 1.807) is 18.3 Å². The molecule has 0 unspecified atom stereocenters. The Kier molecular flexibility index (Phi) is 6.64. The van der Waals surface area contributed by atoms with E-state index in [4.69, 9.17) is 4.74 Å². The van der Waals surface area contributed by atoms with Crippen LogP contribution in [-0.4, -0.2) is 33.0 Å². The summed E-state index contributed by atoms with van der Waals surface area (Å²) in [5, 5.41) is 2.75. The number of rotatable bonds is 7. The van der Waals surface area contributed by atoms with Gasteiger partial charge in [0, 0.05) is 11.8 Å². The first-order chi connectivity index (χ1) is 13.5. The second kappa shape index (κ2) is 9.16. The standard InChI is InChI=1S/C20H25N3O4S/c1-21-28(25,26)17-11-9-16(10-12-17)20(24)23-19-18(8-5-13-22-19)27-14-15-6-3-2-4-7-15/h5,8-13,15,21H,2-4,6-7,14H2,1H3,(H,22,23,24). The monoisotopic (exact) mass is 403 g/mol. The molecule has 0 spiro atoms. The molecule has 8 heteroatoms. The highest BCUT2D eigenvalue weighted by Gasteiger charge is 2.17. The van der Waals surface area contributed by atoms with Crippen molar-refractivity contribution in [1.82, 2.24) is 9.71 Å². The van der Waals surface area contributed by atoms with Crippen molar-refractivity contribution in [2.45, 2.75) is 37.0 Å². The summed E-state index contributed by atoms with van der Waals surface area (Å²) in [5.41, 5.74) is 0.332. The quantitative estimate of drug-likeness (QED) is 0.740. The second-order valence-electron chi connectivity index (χ2n) is 6.85. The zero-order valence-electron chi connectivity index (χ0n) is 15.8. The van der Waals surface area contributed by atoms with E-state index < -0.39 is 10.0 Å². The SMILES string of the molecule is CNS(=O)(=O)c1ccc(C(=O)Nc2ncccc2OCC2CCCCC2)cc1. The number of carbonyl (C=O) groups is 1. The van der Waals surface area contributed by atoms with Crippen molar-refractivity contribution in [2.24, 2.45) is 5.92 Å². The maximum absolute atomic E-state index is 12.5. The third-order valence-corrected chi connectivity index (χ3v) is 6.33. The van der Waals surface area contributed by atoms with E-state index in [2.05, 4.69) is 15.0 Å². The van der Waals surface area contributed by atoms with Gasteiger partial charge in [-0.3, -0.25) is 4.79 Å². The molecule has 1 aliphatic carbocycles. The Labute approximate surface area is 165 Å². The maximum Gasteiger partial charge on any atom is 0.256 e. The lowest BCUT2D eigenvalue weighted by Gasteiger charge is -2.22. The molecule has 0 bridgehead atoms. The Morgan fingerprint density at radius 3 is 2.54 bits per heavy atom. The topological polar surface area (TPSA) is 97.4 Å². The minimum atomic E-state index is -3.54. The Morgan fingerprint density at radius 2 is 1.86 bits per heavy atom. The number of carbonyl (C=O) groups excluding carboxylic acids is 1. The maximum atomic E-state index is 12.5. The molecule has 0 radical (unpaired) electrons. The lowest BCUT2D eigenvalue weighted by Crippen LogP contribution is -2.19. The van der Waals surface area contributed by atoms with Crippen LogP contribution in [0.5, 0.6) is 5.75 Å². The summed E-state index contributed by atoms with van der Waals surface area (Å²) in [6.07, 6.45) is 7.70. The molecule has 0 saturated heterocycles. The van der Waals surface area contributed by atoms with E-state index in [1.165, 1.54) is 63.4 Å². The van der Waals surface area contributed by atoms with E-state index >= 15 is 0 Å². The highest BCUT2D eigenvalue weighted by atomic mass is 32.2. The van der Waals surface area contributed by atoms with Gasteiger partial charge in [0.15, 0.2) is 11.6 Å². The van der Waals surface area contributed by atoms with E-state index in [0.29, 0.717) is 29.7 Å². The van der Waals surface area contributed by atoms with Crippen molar-refractivity contribution >= 4 is 21.7 Å². The summed E-state index contributed by atoms with van der Waals surface area (Å²) in [6, 6.07) is 9.26. The van der Waals surface area contributed by atoms with Crippen molar-refractivity contribution in [3.63, 3.8) is 0 Å². The van der Waals surface area contributed by atoms with Gasteiger partial charge < -0.3 is 10.1 Å². The van der Waals surface area contributed by atoms with E-state index in [9.17, 15) is 13.2 Å². The van der Waals surface area contributed by atoms with Crippen LogP contribution >= 0.6 is 0 Å². The molecule has 1 saturated carbocycles. The van der Waals surface area contributed by atoms with Crippen LogP contribution in [0.4, 0.5) is 5.82 Å². The van der Waals surface area contributed by atoms with Gasteiger partial charge in [-0.05, 0) is 62.2 Å². The van der Waals surface area contributed by atoms with Crippen LogP contribution in [0.15, 0.2) is 47.5 Å². The molecule has 2 N–H and O–H groups in total. The fraction of sp³-hybridized carbons (Fsp3) is 0.400. The average molecular weight is 404 g/mol. The van der Waals surface area contributed by atoms with Gasteiger partial charge in [-0.25, -0.2) is 18.1 Å². The first kappa shape index (κ1) is 20.3. The van der Waals surface area contributed by atoms with Crippen LogP contribution in [0, 0.1) is 5.92 Å². The molecule has 1 fully saturated rings. The van der Waals surface area contributed by atoms with Crippen molar-refractivity contribution in [3.05, 3.63) is 48.2 Å². The minimum Gasteiger partial charge on any atom is -0.489 e. The number of aromatic nitrogens is 1. The molecule has 28 heavy (non-hydrogen) atoms. The lowest BCUT2D eigenvalue weighted by molar-refractivity contribution is 0.102.